The Kier molecular flexibility index (Phi) is 3.18. The van der Waals surface area contributed by atoms with Crippen molar-refractivity contribution >= 4 is 12.0 Å². The van der Waals surface area contributed by atoms with Gasteiger partial charge in [-0.3, -0.25) is 4.40 Å². The van der Waals surface area contributed by atoms with Crippen LogP contribution in [0.1, 0.15) is 32.5 Å². The highest BCUT2D eigenvalue weighted by atomic mass is 15.4. The number of fused-ring (bicyclic) bond motifs is 2. The maximum Gasteiger partial charge on any atom is 0.139 e. The van der Waals surface area contributed by atoms with Crippen LogP contribution < -0.4 is 0 Å². The SMILES string of the molecule is CC(C)C1=CC2=CN(C(C)c3cc4nccn4cn3)CN2C=N1. The average molecular weight is 308 g/mol. The number of aliphatic imine (C=N–C) groups is 1. The van der Waals surface area contributed by atoms with E-state index in [1.165, 1.54) is 5.70 Å². The Hall–Kier alpha value is -2.63. The van der Waals surface area contributed by atoms with Gasteiger partial charge in [0, 0.05) is 30.4 Å². The molecular formula is C17H20N6. The Morgan fingerprint density at radius 1 is 1.17 bits per heavy atom. The van der Waals surface area contributed by atoms with Crippen LogP contribution in [0.2, 0.25) is 0 Å². The summed E-state index contributed by atoms with van der Waals surface area (Å²) in [5.41, 5.74) is 4.26. The van der Waals surface area contributed by atoms with Crippen LogP contribution in [-0.2, 0) is 0 Å². The van der Waals surface area contributed by atoms with Gasteiger partial charge in [-0.05, 0) is 18.9 Å². The lowest BCUT2D eigenvalue weighted by molar-refractivity contribution is 0.264. The number of hydrogen-bond acceptors (Lipinski definition) is 5. The van der Waals surface area contributed by atoms with Gasteiger partial charge in [0.25, 0.3) is 0 Å². The van der Waals surface area contributed by atoms with Crippen LogP contribution in [0, 0.1) is 5.92 Å². The van der Waals surface area contributed by atoms with Gasteiger partial charge >= 0.3 is 0 Å². The molecule has 0 aliphatic carbocycles. The Bertz CT molecular complexity index is 828. The van der Waals surface area contributed by atoms with E-state index in [1.807, 2.05) is 29.3 Å². The zero-order valence-electron chi connectivity index (χ0n) is 13.6. The maximum absolute atomic E-state index is 4.57. The zero-order chi connectivity index (χ0) is 16.0. The van der Waals surface area contributed by atoms with Gasteiger partial charge in [0.1, 0.15) is 12.0 Å². The topological polar surface area (TPSA) is 49.0 Å². The first-order valence-corrected chi connectivity index (χ1v) is 7.90. The van der Waals surface area contributed by atoms with Crippen molar-refractivity contribution in [3.05, 3.63) is 54.2 Å². The average Bonchev–Trinajstić information content (AvgIpc) is 3.18. The van der Waals surface area contributed by atoms with E-state index in [0.29, 0.717) is 5.92 Å². The first-order chi connectivity index (χ1) is 11.1. The molecule has 23 heavy (non-hydrogen) atoms. The molecule has 0 bridgehead atoms. The van der Waals surface area contributed by atoms with E-state index in [4.69, 9.17) is 0 Å². The van der Waals surface area contributed by atoms with Gasteiger partial charge in [0.05, 0.1) is 30.4 Å². The summed E-state index contributed by atoms with van der Waals surface area (Å²) < 4.78 is 1.92. The van der Waals surface area contributed by atoms with Crippen LogP contribution in [-0.4, -0.2) is 37.2 Å². The molecule has 0 saturated heterocycles. The van der Waals surface area contributed by atoms with Crippen LogP contribution in [0.3, 0.4) is 0 Å². The second kappa shape index (κ2) is 5.22. The fourth-order valence-corrected chi connectivity index (χ4v) is 2.87. The number of aromatic nitrogens is 3. The fraction of sp³-hybridized carbons (Fsp3) is 0.353. The van der Waals surface area contributed by atoms with Crippen molar-refractivity contribution in [3.63, 3.8) is 0 Å². The lowest BCUT2D eigenvalue weighted by atomic mass is 10.1. The summed E-state index contributed by atoms with van der Waals surface area (Å²) in [6.45, 7) is 7.29. The third-order valence-corrected chi connectivity index (χ3v) is 4.41. The predicted molar refractivity (Wildman–Crippen MR) is 89.4 cm³/mol. The molecule has 2 aromatic heterocycles. The summed E-state index contributed by atoms with van der Waals surface area (Å²) >= 11 is 0. The van der Waals surface area contributed by atoms with Crippen molar-refractivity contribution in [3.8, 4) is 0 Å². The van der Waals surface area contributed by atoms with Gasteiger partial charge in [-0.15, -0.1) is 0 Å². The van der Waals surface area contributed by atoms with Crippen LogP contribution in [0.4, 0.5) is 0 Å². The van der Waals surface area contributed by atoms with Gasteiger partial charge in [-0.25, -0.2) is 15.0 Å². The Labute approximate surface area is 135 Å². The van der Waals surface area contributed by atoms with Gasteiger partial charge in [-0.1, -0.05) is 13.8 Å². The minimum absolute atomic E-state index is 0.180. The Morgan fingerprint density at radius 3 is 2.87 bits per heavy atom. The van der Waals surface area contributed by atoms with E-state index in [9.17, 15) is 0 Å². The van der Waals surface area contributed by atoms with E-state index < -0.39 is 0 Å². The Balaban J connectivity index is 1.60. The van der Waals surface area contributed by atoms with Crippen LogP contribution in [0.5, 0.6) is 0 Å². The predicted octanol–water partition coefficient (Wildman–Crippen LogP) is 2.79. The summed E-state index contributed by atoms with van der Waals surface area (Å²) in [4.78, 5) is 17.9. The molecule has 0 saturated carbocycles. The number of nitrogens with zero attached hydrogens (tertiary/aromatic N) is 6. The van der Waals surface area contributed by atoms with Gasteiger partial charge in [-0.2, -0.15) is 0 Å². The summed E-state index contributed by atoms with van der Waals surface area (Å²) in [5.74, 6) is 0.435. The molecule has 2 aromatic rings. The molecule has 4 heterocycles. The lowest BCUT2D eigenvalue weighted by Crippen LogP contribution is -2.29. The van der Waals surface area contributed by atoms with Crippen molar-refractivity contribution in [1.82, 2.24) is 24.2 Å². The second-order valence-electron chi connectivity index (χ2n) is 6.33. The molecule has 0 radical (unpaired) electrons. The molecule has 0 aromatic carbocycles. The van der Waals surface area contributed by atoms with Gasteiger partial charge in [0.15, 0.2) is 0 Å². The second-order valence-corrected chi connectivity index (χ2v) is 6.33. The molecule has 6 heteroatoms. The molecular weight excluding hydrogens is 288 g/mol. The molecule has 1 unspecified atom stereocenters. The molecule has 0 spiro atoms. The van der Waals surface area contributed by atoms with Crippen molar-refractivity contribution in [1.29, 1.82) is 0 Å². The van der Waals surface area contributed by atoms with Crippen LogP contribution in [0.25, 0.3) is 5.65 Å². The smallest absolute Gasteiger partial charge is 0.139 e. The first-order valence-electron chi connectivity index (χ1n) is 7.90. The van der Waals surface area contributed by atoms with Gasteiger partial charge < -0.3 is 9.80 Å². The molecule has 0 amide bonds. The largest absolute Gasteiger partial charge is 0.349 e. The fourth-order valence-electron chi connectivity index (χ4n) is 2.87. The minimum Gasteiger partial charge on any atom is -0.349 e. The van der Waals surface area contributed by atoms with Crippen molar-refractivity contribution in [2.24, 2.45) is 10.9 Å². The minimum atomic E-state index is 0.180. The third kappa shape index (κ3) is 2.40. The van der Waals surface area contributed by atoms with E-state index in [1.54, 1.807) is 6.20 Å². The molecule has 1 atom stereocenters. The molecule has 6 nitrogen and oxygen atoms in total. The number of imidazole rings is 1. The summed E-state index contributed by atoms with van der Waals surface area (Å²) in [6, 6.07) is 2.23. The number of hydrogen-bond donors (Lipinski definition) is 0. The molecule has 2 aliphatic heterocycles. The standard InChI is InChI=1S/C17H20N6/c1-12(2)15-6-14-8-22(11-23(14)10-19-15)13(3)16-7-17-18-4-5-21(17)9-20-16/h4-10,12-13H,11H2,1-3H3. The van der Waals surface area contributed by atoms with E-state index in [2.05, 4.69) is 57.8 Å². The zero-order valence-corrected chi connectivity index (χ0v) is 13.6. The highest BCUT2D eigenvalue weighted by molar-refractivity contribution is 5.64. The monoisotopic (exact) mass is 308 g/mol. The third-order valence-electron chi connectivity index (χ3n) is 4.41. The summed E-state index contributed by atoms with van der Waals surface area (Å²) in [7, 11) is 0. The normalized spacial score (nSPS) is 18.4. The van der Waals surface area contributed by atoms with Crippen LogP contribution in [0.15, 0.2) is 53.4 Å². The summed E-state index contributed by atoms with van der Waals surface area (Å²) in [5, 5.41) is 0. The van der Waals surface area contributed by atoms with E-state index in [0.717, 1.165) is 23.7 Å². The summed E-state index contributed by atoms with van der Waals surface area (Å²) in [6.07, 6.45) is 11.8. The maximum atomic E-state index is 4.57. The first kappa shape index (κ1) is 14.0. The van der Waals surface area contributed by atoms with E-state index in [-0.39, 0.29) is 6.04 Å². The quantitative estimate of drug-likeness (QED) is 0.875. The molecule has 0 N–H and O–H groups in total. The number of rotatable bonds is 3. The highest BCUT2D eigenvalue weighted by Crippen LogP contribution is 2.29. The molecule has 118 valence electrons. The molecule has 4 rings (SSSR count). The van der Waals surface area contributed by atoms with Crippen molar-refractivity contribution < 1.29 is 0 Å². The Morgan fingerprint density at radius 2 is 2.04 bits per heavy atom. The van der Waals surface area contributed by atoms with Crippen molar-refractivity contribution in [2.45, 2.75) is 26.8 Å². The van der Waals surface area contributed by atoms with E-state index >= 15 is 0 Å². The molecule has 2 aliphatic rings. The van der Waals surface area contributed by atoms with Gasteiger partial charge in [0.2, 0.25) is 0 Å². The number of allylic oxidation sites excluding steroid dienone is 2. The molecule has 0 fully saturated rings. The lowest BCUT2D eigenvalue weighted by Gasteiger charge is -2.26. The van der Waals surface area contributed by atoms with Crippen molar-refractivity contribution in [2.75, 3.05) is 6.67 Å². The van der Waals surface area contributed by atoms with Crippen LogP contribution >= 0.6 is 0 Å². The highest BCUT2D eigenvalue weighted by Gasteiger charge is 2.26.